The SMILES string of the molecule is N#Cc1cc(Cl)c(Cl)cc1C#N.N#Cc1ccc(Cl)c(Cl)c1.N#Cc1ccccc1C#N.N#Cc1cccnc1.N#Cc1ccncc1.N#Cc1ccncc1C#N.N=C(N)c1cccnc1.NC(=O)c1cc(Cl)c(Cl)cc1C(N)=O.[C-]#[N+]c1cc(C#N)c(C#N)cc1[N+]#[C-].[C-]#[N+]c1ccc(-c2ccc(C#N)c(C#N)c2)cc1[N+]#[C-].[C-]#[N+]c1cnc(-c2ccc(C#N)c(C#N)n2)cc1[N+]#[C-]. The summed E-state index contributed by atoms with van der Waals surface area (Å²) in [6.07, 6.45) is 13.7. The lowest BCUT2D eigenvalue weighted by Gasteiger charge is -2.05. The van der Waals surface area contributed by atoms with Crippen LogP contribution in [-0.4, -0.2) is 47.6 Å². The molecule has 33 nitrogen and oxygen atoms in total. The number of carbonyl (C=O) groups excluding carboxylic acids is 2. The monoisotopic (exact) mass is 1870 g/mol. The minimum atomic E-state index is -0.780. The van der Waals surface area contributed by atoms with Crippen molar-refractivity contribution in [1.82, 2.24) is 29.9 Å². The van der Waals surface area contributed by atoms with Gasteiger partial charge in [0, 0.05) is 61.3 Å². The number of pyridine rings is 6. The number of amidine groups is 1. The second-order valence-electron chi connectivity index (χ2n) is 23.9. The van der Waals surface area contributed by atoms with Crippen molar-refractivity contribution in [2.24, 2.45) is 17.2 Å². The van der Waals surface area contributed by atoms with Crippen molar-refractivity contribution >= 4 is 121 Å². The Morgan fingerprint density at radius 3 is 1.09 bits per heavy atom. The van der Waals surface area contributed by atoms with E-state index in [9.17, 15) is 9.59 Å². The molecule has 13 rings (SSSR count). The smallest absolute Gasteiger partial charge is 0.249 e. The van der Waals surface area contributed by atoms with Crippen molar-refractivity contribution in [2.75, 3.05) is 0 Å². The van der Waals surface area contributed by atoms with E-state index in [0.29, 0.717) is 82.8 Å². The third-order valence-electron chi connectivity index (χ3n) is 15.6. The van der Waals surface area contributed by atoms with Crippen LogP contribution in [0.4, 0.5) is 34.1 Å². The van der Waals surface area contributed by atoms with Gasteiger partial charge in [0.25, 0.3) is 0 Å². The Hall–Kier alpha value is -21.1. The summed E-state index contributed by atoms with van der Waals surface area (Å²) in [5.74, 6) is -1.50. The van der Waals surface area contributed by atoms with Crippen LogP contribution in [-0.2, 0) is 0 Å². The van der Waals surface area contributed by atoms with Crippen LogP contribution in [0.25, 0.3) is 51.6 Å². The second kappa shape index (κ2) is 58.9. The molecule has 13 aromatic rings. The molecule has 0 saturated heterocycles. The van der Waals surface area contributed by atoms with Gasteiger partial charge in [-0.15, -0.1) is 0 Å². The normalized spacial score (nSPS) is 8.54. The Morgan fingerprint density at radius 2 is 0.689 bits per heavy atom. The second-order valence-corrected chi connectivity index (χ2v) is 26.4. The Labute approximate surface area is 801 Å². The number of amides is 2. The Balaban J connectivity index is 0.000000388. The lowest BCUT2D eigenvalue weighted by Crippen LogP contribution is -2.20. The molecule has 39 heteroatoms. The van der Waals surface area contributed by atoms with E-state index in [1.54, 1.807) is 158 Å². The first-order valence-electron chi connectivity index (χ1n) is 35.9. The van der Waals surface area contributed by atoms with E-state index in [4.69, 9.17) is 211 Å². The number of nitrogens with one attached hydrogen (secondary N) is 1. The van der Waals surface area contributed by atoms with E-state index in [1.807, 2.05) is 78.9 Å². The molecule has 0 aliphatic carbocycles. The van der Waals surface area contributed by atoms with Crippen LogP contribution < -0.4 is 17.2 Å². The van der Waals surface area contributed by atoms with Crippen LogP contribution in [0.1, 0.15) is 110 Å². The van der Waals surface area contributed by atoms with Gasteiger partial charge in [-0.1, -0.05) is 106 Å². The number of benzene rings is 7. The van der Waals surface area contributed by atoms with Gasteiger partial charge in [0.15, 0.2) is 34.1 Å². The van der Waals surface area contributed by atoms with Gasteiger partial charge in [0.05, 0.1) is 194 Å². The number of carbonyl (C=O) groups is 2. The molecule has 6 aromatic heterocycles. The first-order chi connectivity index (χ1) is 65.0. The first kappa shape index (κ1) is 108. The van der Waals surface area contributed by atoms with Gasteiger partial charge in [0.1, 0.15) is 72.6 Å². The number of nitrogen functional groups attached to an aromatic ring is 1. The van der Waals surface area contributed by atoms with Gasteiger partial charge in [-0.3, -0.25) is 59.3 Å². The predicted molar refractivity (Wildman–Crippen MR) is 495 cm³/mol. The van der Waals surface area contributed by atoms with E-state index in [2.05, 4.69) is 59.0 Å². The van der Waals surface area contributed by atoms with Gasteiger partial charge in [-0.2, -0.15) is 78.9 Å². The fraction of sp³-hybridized carbons (Fsp3) is 0. The topological polar surface area (TPSA) is 596 Å². The lowest BCUT2D eigenvalue weighted by atomic mass is 9.99. The van der Waals surface area contributed by atoms with Crippen molar-refractivity contribution in [3.8, 4) is 114 Å². The molecule has 0 atom stereocenters. The summed E-state index contributed by atoms with van der Waals surface area (Å²) in [7, 11) is 0. The molecular weight excluding hydrogens is 1830 g/mol. The molecule has 0 radical (unpaired) electrons. The van der Waals surface area contributed by atoms with Crippen LogP contribution in [0.3, 0.4) is 0 Å². The van der Waals surface area contributed by atoms with Crippen molar-refractivity contribution in [3.63, 3.8) is 0 Å². The molecule has 0 saturated carbocycles. The minimum absolute atomic E-state index is 0.00502. The zero-order chi connectivity index (χ0) is 100. The maximum Gasteiger partial charge on any atom is 0.249 e. The molecule has 0 fully saturated rings. The fourth-order valence-electron chi connectivity index (χ4n) is 9.16. The number of hydrogen-bond donors (Lipinski definition) is 4. The maximum absolute atomic E-state index is 10.9. The lowest BCUT2D eigenvalue weighted by molar-refractivity contribution is 0.0967. The third kappa shape index (κ3) is 34.7. The number of nitriles is 15. The Bertz CT molecular complexity index is 6970. The van der Waals surface area contributed by atoms with E-state index in [-0.39, 0.29) is 99.0 Å². The molecule has 135 heavy (non-hydrogen) atoms. The van der Waals surface area contributed by atoms with Crippen molar-refractivity contribution in [3.05, 3.63) is 431 Å². The van der Waals surface area contributed by atoms with E-state index in [0.717, 1.165) is 11.1 Å². The van der Waals surface area contributed by atoms with Crippen molar-refractivity contribution < 1.29 is 9.59 Å². The molecule has 0 aliphatic rings. The van der Waals surface area contributed by atoms with Crippen molar-refractivity contribution in [2.45, 2.75) is 0 Å². The van der Waals surface area contributed by atoms with Gasteiger partial charge in [-0.05, 0) is 151 Å². The summed E-state index contributed by atoms with van der Waals surface area (Å²) in [5, 5.41) is 137. The molecule has 0 bridgehead atoms. The summed E-state index contributed by atoms with van der Waals surface area (Å²) in [6, 6.07) is 73.7. The van der Waals surface area contributed by atoms with Gasteiger partial charge >= 0.3 is 0 Å². The summed E-state index contributed by atoms with van der Waals surface area (Å²) in [5.41, 5.74) is 24.1. The molecular formula is C96H45Cl6N31O2. The zero-order valence-electron chi connectivity index (χ0n) is 68.3. The van der Waals surface area contributed by atoms with E-state index < -0.39 is 11.8 Å². The molecule has 638 valence electrons. The Kier molecular flexibility index (Phi) is 47.1. The maximum atomic E-state index is 10.9. The molecule has 6 heterocycles. The molecule has 7 N–H and O–H groups in total. The fourth-order valence-corrected chi connectivity index (χ4v) is 10.1. The molecule has 0 unspecified atom stereocenters. The number of hydrogen-bond acceptors (Lipinski definition) is 24. The summed E-state index contributed by atoms with van der Waals surface area (Å²) in [6.45, 7) is 41.6. The average Bonchev–Trinajstić information content (AvgIpc) is 0.847. The third-order valence-corrected chi connectivity index (χ3v) is 17.8. The zero-order valence-corrected chi connectivity index (χ0v) is 72.9. The summed E-state index contributed by atoms with van der Waals surface area (Å²) < 4.78 is 0. The number of rotatable bonds is 5. The molecule has 0 spiro atoms. The molecule has 2 amide bonds. The molecule has 0 aliphatic heterocycles. The standard InChI is InChI=1S/C16H6N4.C14H4N6.C10H2N4.C8H6Cl2N2O2.C8H2Cl2N2.C8H4N2.C7H3Cl2N.C7H3N3.C6H7N3.2C6H4N2/c1-19-15-6-5-12(8-16(15)20-2)11-3-4-13(9-17)14(7-11)10-18;1-17-11-5-12(19-8-14(11)18-2)10-4-3-9(6-15)13(7-16)20-10;1-13-9-3-7(5-11)8(6-12)4-10(9)14-2;9-5-1-3(7(11)13)4(8(12)14)2-6(5)10;9-7-1-5(3-11)6(4-12)2-8(7)10;9-5-7-3-1-2-4-8(7)6-10;8-6-2-1-5(4-10)3-7(6)9;8-3-6-1-2-10-5-7(6)4-9;7-6(8)5-2-1-3-9-4-5;7-5-6-1-3-8-4-2-6;7-4-6-2-1-3-8-5-6/h3-8H;3-5,8H;3-4H;1-2H,(H2,11,13)(H2,12,14);1-2H;1-4H;1-3H;1-2,5H;1-4H,(H3,7,8);1-4H;1-3,5H. The van der Waals surface area contributed by atoms with E-state index in [1.165, 1.54) is 85.5 Å². The summed E-state index contributed by atoms with van der Waals surface area (Å²) >= 11 is 33.7. The van der Waals surface area contributed by atoms with Gasteiger partial charge in [0.2, 0.25) is 17.5 Å². The average molecular weight is 1880 g/mol. The number of halogens is 6. The highest BCUT2D eigenvalue weighted by molar-refractivity contribution is 6.43. The molecule has 7 aromatic carbocycles. The van der Waals surface area contributed by atoms with Crippen LogP contribution in [0.2, 0.25) is 30.1 Å². The minimum Gasteiger partial charge on any atom is -0.384 e. The van der Waals surface area contributed by atoms with E-state index >= 15 is 0 Å². The number of nitrogens with zero attached hydrogens (tertiary/aromatic N) is 27. The van der Waals surface area contributed by atoms with Crippen LogP contribution in [0.15, 0.2) is 232 Å². The van der Waals surface area contributed by atoms with Crippen LogP contribution in [0.5, 0.6) is 0 Å². The summed E-state index contributed by atoms with van der Waals surface area (Å²) in [4.78, 5) is 64.1. The van der Waals surface area contributed by atoms with Gasteiger partial charge in [-0.25, -0.2) is 14.7 Å². The number of nitrogens with two attached hydrogens (primary N) is 3. The van der Waals surface area contributed by atoms with Gasteiger partial charge < -0.3 is 17.2 Å². The highest BCUT2D eigenvalue weighted by Gasteiger charge is 2.17. The Morgan fingerprint density at radius 1 is 0.289 bits per heavy atom. The first-order valence-corrected chi connectivity index (χ1v) is 38.1. The quantitative estimate of drug-likeness (QED) is 0.0706. The number of primary amides is 2. The number of aromatic nitrogens is 6. The van der Waals surface area contributed by atoms with Crippen LogP contribution >= 0.6 is 69.6 Å². The predicted octanol–water partition coefficient (Wildman–Crippen LogP) is 21.0. The van der Waals surface area contributed by atoms with Crippen molar-refractivity contribution in [1.29, 1.82) is 84.3 Å². The van der Waals surface area contributed by atoms with Crippen LogP contribution in [0, 0.1) is 215 Å². The highest BCUT2D eigenvalue weighted by Crippen LogP contribution is 2.36. The largest absolute Gasteiger partial charge is 0.384 e. The highest BCUT2D eigenvalue weighted by atomic mass is 35.5.